The van der Waals surface area contributed by atoms with Gasteiger partial charge in [-0.05, 0) is 13.8 Å². The van der Waals surface area contributed by atoms with Crippen molar-refractivity contribution in [2.75, 3.05) is 0 Å². The highest BCUT2D eigenvalue weighted by molar-refractivity contribution is 6.03. The quantitative estimate of drug-likeness (QED) is 0.318. The van der Waals surface area contributed by atoms with Crippen molar-refractivity contribution in [3.8, 4) is 0 Å². The Hall–Kier alpha value is -1.16. The smallest absolute Gasteiger partial charge is 0.323 e. The van der Waals surface area contributed by atoms with Crippen LogP contribution in [0.1, 0.15) is 13.8 Å². The van der Waals surface area contributed by atoms with Crippen molar-refractivity contribution in [3.05, 3.63) is 12.2 Å². The van der Waals surface area contributed by atoms with Crippen molar-refractivity contribution in [2.45, 2.75) is 26.1 Å². The zero-order chi connectivity index (χ0) is 10.1. The molecule has 74 valence electrons. The second-order valence-corrected chi connectivity index (χ2v) is 4.44. The van der Waals surface area contributed by atoms with E-state index in [1.807, 2.05) is 12.2 Å². The Labute approximate surface area is 80.9 Å². The number of carbonyl (C=O) groups is 2. The van der Waals surface area contributed by atoms with Crippen LogP contribution in [0.4, 0.5) is 0 Å². The minimum absolute atomic E-state index is 0.309. The molecule has 0 aromatic heterocycles. The molecule has 3 rings (SSSR count). The van der Waals surface area contributed by atoms with E-state index in [-0.39, 0.29) is 12.2 Å². The van der Waals surface area contributed by atoms with Crippen LogP contribution in [0.5, 0.6) is 0 Å². The summed E-state index contributed by atoms with van der Waals surface area (Å²) in [5.74, 6) is -0.913. The lowest BCUT2D eigenvalue weighted by molar-refractivity contribution is -0.159. The number of hydrogen-bond acceptors (Lipinski definition) is 4. The third-order valence-corrected chi connectivity index (χ3v) is 4.00. The summed E-state index contributed by atoms with van der Waals surface area (Å²) in [5, 5.41) is 0. The van der Waals surface area contributed by atoms with Gasteiger partial charge in [0, 0.05) is 0 Å². The van der Waals surface area contributed by atoms with Gasteiger partial charge in [-0.25, -0.2) is 0 Å². The van der Waals surface area contributed by atoms with Crippen molar-refractivity contribution in [1.82, 2.24) is 0 Å². The molecule has 2 bridgehead atoms. The van der Waals surface area contributed by atoms with Gasteiger partial charge in [0.05, 0.1) is 12.2 Å². The van der Waals surface area contributed by atoms with E-state index in [1.54, 1.807) is 13.8 Å². The molecule has 4 nitrogen and oxygen atoms in total. The summed E-state index contributed by atoms with van der Waals surface area (Å²) >= 11 is 0. The maximum Gasteiger partial charge on any atom is 0.323 e. The van der Waals surface area contributed by atoms with E-state index in [4.69, 9.17) is 9.47 Å². The van der Waals surface area contributed by atoms with Gasteiger partial charge >= 0.3 is 11.9 Å². The molecule has 3 aliphatic rings. The van der Waals surface area contributed by atoms with Gasteiger partial charge in [0.25, 0.3) is 0 Å². The molecule has 2 saturated heterocycles. The molecule has 14 heavy (non-hydrogen) atoms. The van der Waals surface area contributed by atoms with Gasteiger partial charge in [-0.1, -0.05) is 12.2 Å². The second kappa shape index (κ2) is 1.93. The molecule has 0 saturated carbocycles. The molecule has 3 aliphatic heterocycles. The van der Waals surface area contributed by atoms with Gasteiger partial charge in [-0.15, -0.1) is 0 Å². The Balaban J connectivity index is 2.26. The number of cyclic esters (lactones) is 2. The first-order valence-corrected chi connectivity index (χ1v) is 4.62. The van der Waals surface area contributed by atoms with Crippen molar-refractivity contribution < 1.29 is 19.1 Å². The zero-order valence-corrected chi connectivity index (χ0v) is 7.94. The summed E-state index contributed by atoms with van der Waals surface area (Å²) in [7, 11) is 0. The number of hydrogen-bond donors (Lipinski definition) is 0. The predicted molar refractivity (Wildman–Crippen MR) is 45.1 cm³/mol. The van der Waals surface area contributed by atoms with E-state index >= 15 is 0 Å². The Bertz CT molecular complexity index is 352. The molecule has 0 aromatic rings. The fraction of sp³-hybridized carbons (Fsp3) is 0.600. The molecule has 3 heterocycles. The molecule has 0 spiro atoms. The fourth-order valence-electron chi connectivity index (χ4n) is 2.65. The van der Waals surface area contributed by atoms with Crippen LogP contribution < -0.4 is 0 Å². The van der Waals surface area contributed by atoms with E-state index in [0.29, 0.717) is 0 Å². The van der Waals surface area contributed by atoms with Crippen LogP contribution in [0.15, 0.2) is 12.2 Å². The van der Waals surface area contributed by atoms with Gasteiger partial charge in [0.2, 0.25) is 0 Å². The lowest BCUT2D eigenvalue weighted by Crippen LogP contribution is -2.46. The van der Waals surface area contributed by atoms with E-state index in [1.165, 1.54) is 0 Å². The standard InChI is InChI=1S/C10H10O4/c1-9-5-3-4-6(13-5)10(9,2)8(12)14-7(9)11/h3-6H,1-2H3. The molecule has 0 amide bonds. The maximum atomic E-state index is 11.6. The Morgan fingerprint density at radius 3 is 1.93 bits per heavy atom. The summed E-state index contributed by atoms with van der Waals surface area (Å²) in [6.07, 6.45) is 3.06. The fourth-order valence-corrected chi connectivity index (χ4v) is 2.65. The van der Waals surface area contributed by atoms with E-state index in [2.05, 4.69) is 0 Å². The maximum absolute atomic E-state index is 11.6. The minimum atomic E-state index is -0.830. The number of carbonyl (C=O) groups excluding carboxylic acids is 2. The molecular weight excluding hydrogens is 184 g/mol. The van der Waals surface area contributed by atoms with Gasteiger partial charge < -0.3 is 9.47 Å². The Morgan fingerprint density at radius 1 is 1.07 bits per heavy atom. The van der Waals surface area contributed by atoms with Crippen LogP contribution in [0.25, 0.3) is 0 Å². The van der Waals surface area contributed by atoms with Crippen LogP contribution in [-0.4, -0.2) is 24.1 Å². The van der Waals surface area contributed by atoms with E-state index in [9.17, 15) is 9.59 Å². The molecule has 4 heteroatoms. The summed E-state index contributed by atoms with van der Waals surface area (Å²) < 4.78 is 10.3. The first kappa shape index (κ1) is 8.17. The molecule has 2 fully saturated rings. The Morgan fingerprint density at radius 2 is 1.50 bits per heavy atom. The second-order valence-electron chi connectivity index (χ2n) is 4.44. The predicted octanol–water partition coefficient (Wildman–Crippen LogP) is 0.420. The first-order valence-electron chi connectivity index (χ1n) is 4.62. The molecule has 0 aliphatic carbocycles. The lowest BCUT2D eigenvalue weighted by Gasteiger charge is -2.31. The molecule has 4 unspecified atom stereocenters. The van der Waals surface area contributed by atoms with Crippen molar-refractivity contribution in [3.63, 3.8) is 0 Å². The SMILES string of the molecule is CC12C(=O)OC(=O)C1(C)C1C=CC2O1. The third kappa shape index (κ3) is 0.522. The molecule has 0 aromatic carbocycles. The van der Waals surface area contributed by atoms with Crippen molar-refractivity contribution in [2.24, 2.45) is 10.8 Å². The first-order chi connectivity index (χ1) is 6.51. The molecule has 0 radical (unpaired) electrons. The third-order valence-electron chi connectivity index (χ3n) is 4.00. The van der Waals surface area contributed by atoms with Crippen LogP contribution in [0, 0.1) is 10.8 Å². The minimum Gasteiger partial charge on any atom is -0.392 e. The molecule has 0 N–H and O–H groups in total. The highest BCUT2D eigenvalue weighted by Gasteiger charge is 2.75. The van der Waals surface area contributed by atoms with Gasteiger partial charge in [0.1, 0.15) is 10.8 Å². The number of esters is 2. The average Bonchev–Trinajstić information content (AvgIpc) is 2.73. The van der Waals surface area contributed by atoms with Gasteiger partial charge in [0.15, 0.2) is 0 Å². The number of fused-ring (bicyclic) bond motifs is 5. The van der Waals surface area contributed by atoms with Crippen LogP contribution in [-0.2, 0) is 19.1 Å². The zero-order valence-electron chi connectivity index (χ0n) is 7.94. The topological polar surface area (TPSA) is 52.6 Å². The lowest BCUT2D eigenvalue weighted by atomic mass is 9.61. The van der Waals surface area contributed by atoms with Crippen molar-refractivity contribution >= 4 is 11.9 Å². The summed E-state index contributed by atoms with van der Waals surface area (Å²) in [4.78, 5) is 23.3. The summed E-state index contributed by atoms with van der Waals surface area (Å²) in [5.41, 5.74) is -1.66. The highest BCUT2D eigenvalue weighted by Crippen LogP contribution is 2.61. The largest absolute Gasteiger partial charge is 0.392 e. The number of ether oxygens (including phenoxy) is 2. The molecule has 4 atom stereocenters. The monoisotopic (exact) mass is 194 g/mol. The van der Waals surface area contributed by atoms with Crippen molar-refractivity contribution in [1.29, 1.82) is 0 Å². The average molecular weight is 194 g/mol. The molecular formula is C10H10O4. The van der Waals surface area contributed by atoms with Gasteiger partial charge in [-0.2, -0.15) is 0 Å². The van der Waals surface area contributed by atoms with Crippen LogP contribution in [0.3, 0.4) is 0 Å². The number of rotatable bonds is 0. The Kier molecular flexibility index (Phi) is 1.13. The normalized spacial score (nSPS) is 53.9. The van der Waals surface area contributed by atoms with Gasteiger partial charge in [-0.3, -0.25) is 9.59 Å². The van der Waals surface area contributed by atoms with Crippen LogP contribution >= 0.6 is 0 Å². The van der Waals surface area contributed by atoms with E-state index < -0.39 is 22.8 Å². The highest BCUT2D eigenvalue weighted by atomic mass is 16.6. The summed E-state index contributed by atoms with van der Waals surface area (Å²) in [6, 6.07) is 0. The van der Waals surface area contributed by atoms with E-state index in [0.717, 1.165) is 0 Å². The summed E-state index contributed by atoms with van der Waals surface area (Å²) in [6.45, 7) is 3.49. The van der Waals surface area contributed by atoms with Crippen LogP contribution in [0.2, 0.25) is 0 Å².